The molecular formula is C17H11ClF3N5. The molecule has 0 bridgehead atoms. The number of benzene rings is 2. The zero-order valence-corrected chi connectivity index (χ0v) is 14.1. The lowest BCUT2D eigenvalue weighted by molar-refractivity contribution is -0.137. The summed E-state index contributed by atoms with van der Waals surface area (Å²) < 4.78 is 40.4. The lowest BCUT2D eigenvalue weighted by atomic mass is 9.97. The molecule has 9 heteroatoms. The minimum Gasteiger partial charge on any atom is -0.288 e. The number of H-pyrrole nitrogens is 1. The van der Waals surface area contributed by atoms with Gasteiger partial charge in [-0.3, -0.25) is 4.42 Å². The average molecular weight is 378 g/mol. The fourth-order valence-corrected chi connectivity index (χ4v) is 2.70. The third kappa shape index (κ3) is 3.34. The van der Waals surface area contributed by atoms with E-state index in [4.69, 9.17) is 17.0 Å². The van der Waals surface area contributed by atoms with Crippen LogP contribution in [0.2, 0.25) is 0 Å². The van der Waals surface area contributed by atoms with Crippen LogP contribution in [0.25, 0.3) is 22.4 Å². The molecule has 0 aliphatic rings. The molecule has 0 aliphatic carbocycles. The maximum absolute atomic E-state index is 13.0. The molecule has 0 spiro atoms. The van der Waals surface area contributed by atoms with Crippen molar-refractivity contribution in [3.8, 4) is 28.5 Å². The molecule has 1 heterocycles. The molecule has 0 unspecified atom stereocenters. The Morgan fingerprint density at radius 3 is 2.54 bits per heavy atom. The number of halogens is 4. The van der Waals surface area contributed by atoms with E-state index in [1.807, 2.05) is 6.07 Å². The van der Waals surface area contributed by atoms with Crippen molar-refractivity contribution in [3.63, 3.8) is 0 Å². The van der Waals surface area contributed by atoms with Crippen molar-refractivity contribution < 1.29 is 13.2 Å². The standard InChI is InChI=1S/C17H11ClF3N5/c1-26(18)15-6-5-11(16-14(9-22)23-25-24-16)8-13(15)10-3-2-4-12(7-10)17(19,20)21/h2-8H,1H3,(H,23,24,25). The minimum atomic E-state index is -4.46. The average Bonchev–Trinajstić information content (AvgIpc) is 3.09. The van der Waals surface area contributed by atoms with Crippen LogP contribution in [0.3, 0.4) is 0 Å². The topological polar surface area (TPSA) is 68.6 Å². The second kappa shape index (κ2) is 6.69. The van der Waals surface area contributed by atoms with Gasteiger partial charge >= 0.3 is 6.18 Å². The summed E-state index contributed by atoms with van der Waals surface area (Å²) in [6, 6.07) is 11.8. The molecule has 0 saturated carbocycles. The molecule has 3 rings (SSSR count). The van der Waals surface area contributed by atoms with Gasteiger partial charge in [0.25, 0.3) is 0 Å². The fourth-order valence-electron chi connectivity index (χ4n) is 2.56. The highest BCUT2D eigenvalue weighted by Gasteiger charge is 2.30. The monoisotopic (exact) mass is 377 g/mol. The number of nitrogens with zero attached hydrogens (tertiary/aromatic N) is 4. The first-order chi connectivity index (χ1) is 12.3. The first-order valence-electron chi connectivity index (χ1n) is 7.33. The Bertz CT molecular complexity index is 989. The van der Waals surface area contributed by atoms with E-state index in [9.17, 15) is 13.2 Å². The summed E-state index contributed by atoms with van der Waals surface area (Å²) in [6.07, 6.45) is -4.46. The van der Waals surface area contributed by atoms with Crippen molar-refractivity contribution in [3.05, 3.63) is 53.7 Å². The number of nitriles is 1. The lowest BCUT2D eigenvalue weighted by Gasteiger charge is -2.17. The number of rotatable bonds is 3. The first-order valence-corrected chi connectivity index (χ1v) is 7.67. The van der Waals surface area contributed by atoms with E-state index < -0.39 is 11.7 Å². The fraction of sp³-hybridized carbons (Fsp3) is 0.118. The molecule has 0 amide bonds. The van der Waals surface area contributed by atoms with Crippen LogP contribution in [-0.2, 0) is 6.18 Å². The van der Waals surface area contributed by atoms with Gasteiger partial charge in [0, 0.05) is 30.0 Å². The Morgan fingerprint density at radius 1 is 1.12 bits per heavy atom. The van der Waals surface area contributed by atoms with Gasteiger partial charge in [0.2, 0.25) is 0 Å². The molecular weight excluding hydrogens is 367 g/mol. The zero-order chi connectivity index (χ0) is 18.9. The Hall–Kier alpha value is -3.05. The molecule has 0 saturated heterocycles. The minimum absolute atomic E-state index is 0.0898. The van der Waals surface area contributed by atoms with E-state index in [1.165, 1.54) is 10.5 Å². The van der Waals surface area contributed by atoms with E-state index >= 15 is 0 Å². The van der Waals surface area contributed by atoms with Crippen LogP contribution < -0.4 is 4.42 Å². The third-order valence-electron chi connectivity index (χ3n) is 3.76. The van der Waals surface area contributed by atoms with Crippen LogP contribution in [0.5, 0.6) is 0 Å². The van der Waals surface area contributed by atoms with E-state index in [-0.39, 0.29) is 5.69 Å². The summed E-state index contributed by atoms with van der Waals surface area (Å²) in [5.74, 6) is 0. The van der Waals surface area contributed by atoms with Crippen molar-refractivity contribution in [2.75, 3.05) is 11.5 Å². The number of alkyl halides is 3. The molecule has 2 aromatic carbocycles. The number of hydrogen-bond donors (Lipinski definition) is 1. The van der Waals surface area contributed by atoms with Crippen LogP contribution in [0.1, 0.15) is 11.3 Å². The second-order valence-electron chi connectivity index (χ2n) is 5.42. The molecule has 0 aliphatic heterocycles. The molecule has 0 radical (unpaired) electrons. The Labute approximate surface area is 151 Å². The van der Waals surface area contributed by atoms with E-state index in [2.05, 4.69) is 15.4 Å². The SMILES string of the molecule is CN(Cl)c1ccc(-c2n[nH]nc2C#N)cc1-c1cccc(C(F)(F)F)c1. The van der Waals surface area contributed by atoms with Gasteiger partial charge in [0.05, 0.1) is 11.3 Å². The van der Waals surface area contributed by atoms with Crippen molar-refractivity contribution in [1.82, 2.24) is 15.4 Å². The van der Waals surface area contributed by atoms with Gasteiger partial charge in [-0.1, -0.05) is 18.2 Å². The summed E-state index contributed by atoms with van der Waals surface area (Å²) in [7, 11) is 1.57. The van der Waals surface area contributed by atoms with Gasteiger partial charge in [-0.25, -0.2) is 0 Å². The normalized spacial score (nSPS) is 11.2. The van der Waals surface area contributed by atoms with Crippen LogP contribution in [0.4, 0.5) is 18.9 Å². The van der Waals surface area contributed by atoms with Gasteiger partial charge in [-0.2, -0.15) is 28.7 Å². The van der Waals surface area contributed by atoms with Gasteiger partial charge in [-0.15, -0.1) is 5.10 Å². The first kappa shape index (κ1) is 17.8. The molecule has 3 aromatic rings. The van der Waals surface area contributed by atoms with Crippen LogP contribution >= 0.6 is 11.8 Å². The Kier molecular flexibility index (Phi) is 4.57. The quantitative estimate of drug-likeness (QED) is 0.676. The zero-order valence-electron chi connectivity index (χ0n) is 13.3. The van der Waals surface area contributed by atoms with Crippen LogP contribution in [0.15, 0.2) is 42.5 Å². The number of aromatic amines is 1. The maximum Gasteiger partial charge on any atom is 0.416 e. The van der Waals surface area contributed by atoms with E-state index in [0.29, 0.717) is 28.1 Å². The number of aromatic nitrogens is 3. The van der Waals surface area contributed by atoms with E-state index in [0.717, 1.165) is 12.1 Å². The van der Waals surface area contributed by atoms with Crippen molar-refractivity contribution in [1.29, 1.82) is 5.26 Å². The second-order valence-corrected chi connectivity index (χ2v) is 5.93. The predicted molar refractivity (Wildman–Crippen MR) is 91.2 cm³/mol. The van der Waals surface area contributed by atoms with Crippen LogP contribution in [0, 0.1) is 11.3 Å². The largest absolute Gasteiger partial charge is 0.416 e. The van der Waals surface area contributed by atoms with Crippen molar-refractivity contribution in [2.45, 2.75) is 6.18 Å². The number of hydrogen-bond acceptors (Lipinski definition) is 4. The highest BCUT2D eigenvalue weighted by molar-refractivity contribution is 6.26. The van der Waals surface area contributed by atoms with Gasteiger partial charge in [0.15, 0.2) is 5.69 Å². The van der Waals surface area contributed by atoms with Gasteiger partial charge < -0.3 is 0 Å². The van der Waals surface area contributed by atoms with Gasteiger partial charge in [-0.05, 0) is 29.8 Å². The molecule has 0 atom stereocenters. The van der Waals surface area contributed by atoms with Gasteiger partial charge in [0.1, 0.15) is 11.8 Å². The molecule has 1 N–H and O–H groups in total. The lowest BCUT2D eigenvalue weighted by Crippen LogP contribution is -2.06. The summed E-state index contributed by atoms with van der Waals surface area (Å²) >= 11 is 6.05. The number of anilines is 1. The Morgan fingerprint density at radius 2 is 1.88 bits per heavy atom. The summed E-state index contributed by atoms with van der Waals surface area (Å²) in [4.78, 5) is 0. The van der Waals surface area contributed by atoms with E-state index in [1.54, 1.807) is 31.3 Å². The van der Waals surface area contributed by atoms with Crippen molar-refractivity contribution >= 4 is 17.5 Å². The molecule has 26 heavy (non-hydrogen) atoms. The smallest absolute Gasteiger partial charge is 0.288 e. The highest BCUT2D eigenvalue weighted by atomic mass is 35.5. The number of nitrogens with one attached hydrogen (secondary N) is 1. The highest BCUT2D eigenvalue weighted by Crippen LogP contribution is 2.38. The molecule has 0 fully saturated rings. The third-order valence-corrected chi connectivity index (χ3v) is 3.94. The van der Waals surface area contributed by atoms with Crippen molar-refractivity contribution in [2.24, 2.45) is 0 Å². The molecule has 132 valence electrons. The van der Waals surface area contributed by atoms with Crippen LogP contribution in [-0.4, -0.2) is 22.5 Å². The molecule has 1 aromatic heterocycles. The maximum atomic E-state index is 13.0. The Balaban J connectivity index is 2.20. The summed E-state index contributed by atoms with van der Waals surface area (Å²) in [6.45, 7) is 0. The summed E-state index contributed by atoms with van der Waals surface area (Å²) in [5.41, 5.74) is 1.49. The summed E-state index contributed by atoms with van der Waals surface area (Å²) in [5, 5.41) is 19.1. The predicted octanol–water partition coefficient (Wildman–Crippen LogP) is 4.62. The molecule has 5 nitrogen and oxygen atoms in total.